The van der Waals surface area contributed by atoms with E-state index in [4.69, 9.17) is 5.73 Å². The van der Waals surface area contributed by atoms with Gasteiger partial charge in [0.2, 0.25) is 0 Å². The second kappa shape index (κ2) is 9.18. The van der Waals surface area contributed by atoms with Gasteiger partial charge in [-0.3, -0.25) is 4.79 Å². The standard InChI is InChI=1S/C13H24F3NO2/c1-3-5-6-7-8-9-10(12(18)19-4-2)11(17)13(14,15)16/h10-11H,3-9,17H2,1-2H3/t10-,11-/m1/s1. The van der Waals surface area contributed by atoms with Crippen molar-refractivity contribution in [3.8, 4) is 0 Å². The zero-order chi connectivity index (χ0) is 14.9. The van der Waals surface area contributed by atoms with Crippen LogP contribution in [0.1, 0.15) is 52.4 Å². The van der Waals surface area contributed by atoms with E-state index in [1.165, 1.54) is 0 Å². The molecule has 0 radical (unpaired) electrons. The summed E-state index contributed by atoms with van der Waals surface area (Å²) in [6, 6.07) is -2.14. The Labute approximate surface area is 112 Å². The first-order chi connectivity index (χ1) is 8.84. The number of alkyl halides is 3. The Hall–Kier alpha value is -0.780. The molecule has 0 aliphatic carbocycles. The summed E-state index contributed by atoms with van der Waals surface area (Å²) in [5.74, 6) is -2.13. The van der Waals surface area contributed by atoms with Gasteiger partial charge in [-0.2, -0.15) is 13.2 Å². The summed E-state index contributed by atoms with van der Waals surface area (Å²) in [4.78, 5) is 11.5. The first-order valence-electron chi connectivity index (χ1n) is 6.83. The third-order valence-corrected chi connectivity index (χ3v) is 3.02. The molecule has 0 amide bonds. The molecule has 0 aromatic carbocycles. The van der Waals surface area contributed by atoms with Gasteiger partial charge >= 0.3 is 12.1 Å². The minimum atomic E-state index is -4.57. The molecule has 2 atom stereocenters. The van der Waals surface area contributed by atoms with E-state index in [1.807, 2.05) is 0 Å². The van der Waals surface area contributed by atoms with Gasteiger partial charge in [0.25, 0.3) is 0 Å². The van der Waals surface area contributed by atoms with Crippen molar-refractivity contribution in [3.05, 3.63) is 0 Å². The van der Waals surface area contributed by atoms with Crippen molar-refractivity contribution in [1.29, 1.82) is 0 Å². The van der Waals surface area contributed by atoms with Gasteiger partial charge < -0.3 is 10.5 Å². The van der Waals surface area contributed by atoms with Crippen LogP contribution in [0.15, 0.2) is 0 Å². The highest BCUT2D eigenvalue weighted by molar-refractivity contribution is 5.73. The van der Waals surface area contributed by atoms with Gasteiger partial charge in [-0.15, -0.1) is 0 Å². The van der Waals surface area contributed by atoms with E-state index in [0.29, 0.717) is 6.42 Å². The molecule has 0 aromatic rings. The van der Waals surface area contributed by atoms with Crippen LogP contribution < -0.4 is 5.73 Å². The molecule has 0 saturated heterocycles. The van der Waals surface area contributed by atoms with Crippen LogP contribution in [0, 0.1) is 5.92 Å². The average molecular weight is 283 g/mol. The summed E-state index contributed by atoms with van der Waals surface area (Å²) >= 11 is 0. The fourth-order valence-electron chi connectivity index (χ4n) is 1.89. The quantitative estimate of drug-likeness (QED) is 0.521. The van der Waals surface area contributed by atoms with Gasteiger partial charge in [0.1, 0.15) is 6.04 Å². The summed E-state index contributed by atoms with van der Waals surface area (Å²) in [5, 5.41) is 0. The summed E-state index contributed by atoms with van der Waals surface area (Å²) in [6.07, 6.45) is 0.0116. The van der Waals surface area contributed by atoms with Crippen LogP contribution >= 0.6 is 0 Å². The van der Waals surface area contributed by atoms with Crippen LogP contribution in [0.5, 0.6) is 0 Å². The molecule has 0 aromatic heterocycles. The fourth-order valence-corrected chi connectivity index (χ4v) is 1.89. The van der Waals surface area contributed by atoms with Crippen molar-refractivity contribution < 1.29 is 22.7 Å². The predicted octanol–water partition coefficient (Wildman–Crippen LogP) is 3.42. The second-order valence-electron chi connectivity index (χ2n) is 4.63. The number of ether oxygens (including phenoxy) is 1. The number of hydrogen-bond acceptors (Lipinski definition) is 3. The highest BCUT2D eigenvalue weighted by Crippen LogP contribution is 2.28. The van der Waals surface area contributed by atoms with Crippen LogP contribution in [-0.4, -0.2) is 24.8 Å². The van der Waals surface area contributed by atoms with Gasteiger partial charge in [0.05, 0.1) is 12.5 Å². The summed E-state index contributed by atoms with van der Waals surface area (Å²) in [5.41, 5.74) is 5.14. The van der Waals surface area contributed by atoms with Crippen LogP contribution in [0.2, 0.25) is 0 Å². The average Bonchev–Trinajstić information content (AvgIpc) is 2.32. The van der Waals surface area contributed by atoms with Gasteiger partial charge in [-0.25, -0.2) is 0 Å². The SMILES string of the molecule is CCCCCCC[C@@H](C(=O)OCC)[C@@H](N)C(F)(F)F. The van der Waals surface area contributed by atoms with Gasteiger partial charge in [-0.1, -0.05) is 39.0 Å². The summed E-state index contributed by atoms with van der Waals surface area (Å²) in [7, 11) is 0. The molecule has 0 saturated carbocycles. The molecule has 6 heteroatoms. The lowest BCUT2D eigenvalue weighted by molar-refractivity contribution is -0.176. The highest BCUT2D eigenvalue weighted by Gasteiger charge is 2.45. The molecule has 0 spiro atoms. The topological polar surface area (TPSA) is 52.3 Å². The Morgan fingerprint density at radius 1 is 1.16 bits per heavy atom. The molecular weight excluding hydrogens is 259 g/mol. The van der Waals surface area contributed by atoms with Crippen LogP contribution in [0.3, 0.4) is 0 Å². The largest absolute Gasteiger partial charge is 0.466 e. The normalized spacial score (nSPS) is 15.1. The first-order valence-corrected chi connectivity index (χ1v) is 6.83. The van der Waals surface area contributed by atoms with Crippen molar-refractivity contribution in [2.45, 2.75) is 64.6 Å². The minimum Gasteiger partial charge on any atom is -0.466 e. The molecule has 19 heavy (non-hydrogen) atoms. The number of unbranched alkanes of at least 4 members (excludes halogenated alkanes) is 4. The minimum absolute atomic E-state index is 0.0652. The van der Waals surface area contributed by atoms with Crippen molar-refractivity contribution in [2.24, 2.45) is 11.7 Å². The molecule has 0 rings (SSSR count). The number of carbonyl (C=O) groups excluding carboxylic acids is 1. The van der Waals surface area contributed by atoms with Crippen molar-refractivity contribution >= 4 is 5.97 Å². The number of halogens is 3. The summed E-state index contributed by atoms with van der Waals surface area (Å²) in [6.45, 7) is 3.69. The molecule has 0 fully saturated rings. The molecular formula is C13H24F3NO2. The lowest BCUT2D eigenvalue weighted by Gasteiger charge is -2.24. The van der Waals surface area contributed by atoms with E-state index >= 15 is 0 Å². The molecule has 0 bridgehead atoms. The Kier molecular flexibility index (Phi) is 8.80. The van der Waals surface area contributed by atoms with E-state index in [-0.39, 0.29) is 13.0 Å². The smallest absolute Gasteiger partial charge is 0.404 e. The lowest BCUT2D eigenvalue weighted by atomic mass is 9.93. The van der Waals surface area contributed by atoms with Crippen molar-refractivity contribution in [2.75, 3.05) is 6.61 Å². The maximum atomic E-state index is 12.6. The van der Waals surface area contributed by atoms with Crippen LogP contribution in [0.25, 0.3) is 0 Å². The third kappa shape index (κ3) is 7.40. The number of esters is 1. The Balaban J connectivity index is 4.39. The molecule has 0 aliphatic rings. The monoisotopic (exact) mass is 283 g/mol. The molecule has 3 nitrogen and oxygen atoms in total. The van der Waals surface area contributed by atoms with Gasteiger partial charge in [-0.05, 0) is 13.3 Å². The molecule has 0 unspecified atom stereocenters. The number of carbonyl (C=O) groups is 1. The molecule has 0 aliphatic heterocycles. The maximum absolute atomic E-state index is 12.6. The third-order valence-electron chi connectivity index (χ3n) is 3.02. The highest BCUT2D eigenvalue weighted by atomic mass is 19.4. The molecule has 2 N–H and O–H groups in total. The van der Waals surface area contributed by atoms with E-state index in [9.17, 15) is 18.0 Å². The Bertz CT molecular complexity index is 257. The lowest BCUT2D eigenvalue weighted by Crippen LogP contribution is -2.47. The molecule has 114 valence electrons. The summed E-state index contributed by atoms with van der Waals surface area (Å²) < 4.78 is 42.5. The van der Waals surface area contributed by atoms with Crippen LogP contribution in [-0.2, 0) is 9.53 Å². The van der Waals surface area contributed by atoms with Gasteiger partial charge in [0.15, 0.2) is 0 Å². The first kappa shape index (κ1) is 18.2. The van der Waals surface area contributed by atoms with E-state index < -0.39 is 24.1 Å². The Morgan fingerprint density at radius 3 is 2.21 bits per heavy atom. The maximum Gasteiger partial charge on any atom is 0.404 e. The van der Waals surface area contributed by atoms with Crippen molar-refractivity contribution in [3.63, 3.8) is 0 Å². The number of nitrogens with two attached hydrogens (primary N) is 1. The predicted molar refractivity (Wildman–Crippen MR) is 67.5 cm³/mol. The number of hydrogen-bond donors (Lipinski definition) is 1. The molecule has 0 heterocycles. The van der Waals surface area contributed by atoms with Crippen LogP contribution in [0.4, 0.5) is 13.2 Å². The second-order valence-corrected chi connectivity index (χ2v) is 4.63. The zero-order valence-electron chi connectivity index (χ0n) is 11.6. The van der Waals surface area contributed by atoms with E-state index in [2.05, 4.69) is 11.7 Å². The van der Waals surface area contributed by atoms with Crippen molar-refractivity contribution in [1.82, 2.24) is 0 Å². The van der Waals surface area contributed by atoms with E-state index in [1.54, 1.807) is 6.92 Å². The zero-order valence-corrected chi connectivity index (χ0v) is 11.6. The van der Waals surface area contributed by atoms with E-state index in [0.717, 1.165) is 25.7 Å². The fraction of sp³-hybridized carbons (Fsp3) is 0.923. The van der Waals surface area contributed by atoms with Gasteiger partial charge in [0, 0.05) is 0 Å². The Morgan fingerprint density at radius 2 is 1.74 bits per heavy atom. The number of rotatable bonds is 9.